The molecule has 1 aliphatic heterocycles. The van der Waals surface area contributed by atoms with Crippen molar-refractivity contribution in [1.82, 2.24) is 0 Å². The number of rotatable bonds is 6. The Labute approximate surface area is 162 Å². The van der Waals surface area contributed by atoms with E-state index in [1.54, 1.807) is 20.3 Å². The topological polar surface area (TPSA) is 83.7 Å². The number of anilines is 1. The van der Waals surface area contributed by atoms with Crippen molar-refractivity contribution < 1.29 is 19.4 Å². The van der Waals surface area contributed by atoms with Crippen LogP contribution in [-0.4, -0.2) is 38.4 Å². The number of hydrogen-bond donors (Lipinski definition) is 1. The van der Waals surface area contributed by atoms with Crippen molar-refractivity contribution in [3.63, 3.8) is 0 Å². The first-order valence-corrected chi connectivity index (χ1v) is 8.87. The van der Waals surface area contributed by atoms with E-state index in [1.165, 1.54) is 18.2 Å². The van der Waals surface area contributed by atoms with Crippen LogP contribution < -0.4 is 14.4 Å². The second-order valence-corrected chi connectivity index (χ2v) is 6.47. The Morgan fingerprint density at radius 1 is 1.04 bits per heavy atom. The van der Waals surface area contributed by atoms with Gasteiger partial charge in [0.1, 0.15) is 22.9 Å². The number of nitrogens with zero attached hydrogens (tertiary/aromatic N) is 3. The lowest BCUT2D eigenvalue weighted by Crippen LogP contribution is -2.18. The molecule has 1 N–H and O–H groups in total. The van der Waals surface area contributed by atoms with E-state index in [0.29, 0.717) is 22.9 Å². The van der Waals surface area contributed by atoms with Crippen molar-refractivity contribution in [3.8, 4) is 11.5 Å². The van der Waals surface area contributed by atoms with Crippen LogP contribution in [0.3, 0.4) is 0 Å². The number of halogens is 1. The van der Waals surface area contributed by atoms with Gasteiger partial charge in [0.05, 0.1) is 30.5 Å². The quantitative estimate of drug-likeness (QED) is 0.697. The van der Waals surface area contributed by atoms with E-state index in [1.807, 2.05) is 6.07 Å². The highest BCUT2D eigenvalue weighted by molar-refractivity contribution is 6.33. The number of aromatic carboxylic acids is 1. The molecule has 0 unspecified atom stereocenters. The molecule has 3 rings (SSSR count). The van der Waals surface area contributed by atoms with Crippen molar-refractivity contribution in [1.29, 1.82) is 0 Å². The molecule has 2 aromatic carbocycles. The van der Waals surface area contributed by atoms with Gasteiger partial charge < -0.3 is 19.5 Å². The van der Waals surface area contributed by atoms with E-state index in [9.17, 15) is 4.79 Å². The zero-order valence-electron chi connectivity index (χ0n) is 15.1. The minimum Gasteiger partial charge on any atom is -0.494 e. The second-order valence-electron chi connectivity index (χ2n) is 6.06. The Bertz CT molecular complexity index is 879. The summed E-state index contributed by atoms with van der Waals surface area (Å²) in [5.41, 5.74) is 1.92. The molecule has 8 heteroatoms. The minimum atomic E-state index is -1.05. The predicted octanol–water partition coefficient (Wildman–Crippen LogP) is 5.07. The van der Waals surface area contributed by atoms with Crippen LogP contribution >= 0.6 is 11.6 Å². The fourth-order valence-electron chi connectivity index (χ4n) is 2.98. The van der Waals surface area contributed by atoms with Gasteiger partial charge in [-0.15, -0.1) is 10.2 Å². The molecule has 0 bridgehead atoms. The average Bonchev–Trinajstić information content (AvgIpc) is 3.20. The molecular formula is C19H20ClN3O4. The number of ether oxygens (including phenoxy) is 2. The molecule has 27 heavy (non-hydrogen) atoms. The third-order valence-electron chi connectivity index (χ3n) is 4.39. The molecule has 0 saturated carbocycles. The van der Waals surface area contributed by atoms with Crippen LogP contribution in [0.15, 0.2) is 40.6 Å². The Kier molecular flexibility index (Phi) is 5.81. The summed E-state index contributed by atoms with van der Waals surface area (Å²) >= 11 is 6.10. The SMILES string of the molecule is COc1cc(N2CCCC2)c(OC)cc1N=Nc1ccc(C(=O)O)cc1Cl. The van der Waals surface area contributed by atoms with E-state index in [0.717, 1.165) is 31.6 Å². The van der Waals surface area contributed by atoms with Gasteiger partial charge >= 0.3 is 5.97 Å². The molecule has 142 valence electrons. The molecule has 7 nitrogen and oxygen atoms in total. The third-order valence-corrected chi connectivity index (χ3v) is 4.69. The van der Waals surface area contributed by atoms with Gasteiger partial charge in [-0.2, -0.15) is 0 Å². The van der Waals surface area contributed by atoms with Crippen molar-refractivity contribution in [2.75, 3.05) is 32.2 Å². The summed E-state index contributed by atoms with van der Waals surface area (Å²) in [4.78, 5) is 13.2. The maximum absolute atomic E-state index is 11.0. The van der Waals surface area contributed by atoms with Crippen LogP contribution in [-0.2, 0) is 0 Å². The smallest absolute Gasteiger partial charge is 0.335 e. The number of carboxylic acids is 1. The summed E-state index contributed by atoms with van der Waals surface area (Å²) in [5.74, 6) is 0.211. The van der Waals surface area contributed by atoms with Gasteiger partial charge in [0.25, 0.3) is 0 Å². The lowest BCUT2D eigenvalue weighted by atomic mass is 10.2. The molecule has 0 aliphatic carbocycles. The molecule has 1 heterocycles. The predicted molar refractivity (Wildman–Crippen MR) is 104 cm³/mol. The fourth-order valence-corrected chi connectivity index (χ4v) is 3.20. The first-order valence-electron chi connectivity index (χ1n) is 8.49. The van der Waals surface area contributed by atoms with E-state index >= 15 is 0 Å². The van der Waals surface area contributed by atoms with Crippen molar-refractivity contribution in [2.45, 2.75) is 12.8 Å². The first-order chi connectivity index (χ1) is 13.0. The summed E-state index contributed by atoms with van der Waals surface area (Å²) in [6, 6.07) is 7.95. The molecule has 0 amide bonds. The Morgan fingerprint density at radius 3 is 2.30 bits per heavy atom. The van der Waals surface area contributed by atoms with Crippen LogP contribution in [0.4, 0.5) is 17.1 Å². The summed E-state index contributed by atoms with van der Waals surface area (Å²) in [5, 5.41) is 17.6. The largest absolute Gasteiger partial charge is 0.494 e. The molecule has 1 fully saturated rings. The standard InChI is InChI=1S/C19H20ClN3O4/c1-26-17-11-16(23-7-3-4-8-23)18(27-2)10-15(17)22-21-14-6-5-12(19(24)25)9-13(14)20/h5-6,9-11H,3-4,7-8H2,1-2H3,(H,24,25). The van der Waals surface area contributed by atoms with Crippen LogP contribution in [0, 0.1) is 0 Å². The summed E-state index contributed by atoms with van der Waals surface area (Å²) in [7, 11) is 3.19. The number of carbonyl (C=O) groups is 1. The van der Waals surface area contributed by atoms with Crippen LogP contribution in [0.25, 0.3) is 0 Å². The van der Waals surface area contributed by atoms with Crippen molar-refractivity contribution >= 4 is 34.6 Å². The fraction of sp³-hybridized carbons (Fsp3) is 0.316. The van der Waals surface area contributed by atoms with E-state index in [-0.39, 0.29) is 10.6 Å². The third kappa shape index (κ3) is 4.14. The number of hydrogen-bond acceptors (Lipinski definition) is 6. The zero-order valence-corrected chi connectivity index (χ0v) is 15.9. The van der Waals surface area contributed by atoms with E-state index < -0.39 is 5.97 Å². The molecule has 0 aromatic heterocycles. The highest BCUT2D eigenvalue weighted by Crippen LogP contribution is 2.41. The average molecular weight is 390 g/mol. The summed E-state index contributed by atoms with van der Waals surface area (Å²) in [6.45, 7) is 1.96. The van der Waals surface area contributed by atoms with Crippen molar-refractivity contribution in [3.05, 3.63) is 40.9 Å². The van der Waals surface area contributed by atoms with Crippen LogP contribution in [0.2, 0.25) is 5.02 Å². The van der Waals surface area contributed by atoms with Gasteiger partial charge in [-0.3, -0.25) is 0 Å². The number of carboxylic acid groups (broad SMARTS) is 1. The summed E-state index contributed by atoms with van der Waals surface area (Å²) < 4.78 is 11.0. The maximum Gasteiger partial charge on any atom is 0.335 e. The number of methoxy groups -OCH3 is 2. The molecule has 0 atom stereocenters. The van der Waals surface area contributed by atoms with Gasteiger partial charge in [-0.05, 0) is 31.0 Å². The van der Waals surface area contributed by atoms with Gasteiger partial charge in [0, 0.05) is 25.2 Å². The Balaban J connectivity index is 1.94. The Morgan fingerprint density at radius 2 is 1.70 bits per heavy atom. The number of benzene rings is 2. The van der Waals surface area contributed by atoms with Gasteiger partial charge in [-0.25, -0.2) is 4.79 Å². The van der Waals surface area contributed by atoms with E-state index in [4.69, 9.17) is 26.2 Å². The molecule has 2 aromatic rings. The maximum atomic E-state index is 11.0. The highest BCUT2D eigenvalue weighted by Gasteiger charge is 2.19. The lowest BCUT2D eigenvalue weighted by molar-refractivity contribution is 0.0697. The Hall–Kier alpha value is -2.80. The van der Waals surface area contributed by atoms with Crippen molar-refractivity contribution in [2.24, 2.45) is 10.2 Å². The molecule has 1 saturated heterocycles. The highest BCUT2D eigenvalue weighted by atomic mass is 35.5. The van der Waals surface area contributed by atoms with Gasteiger partial charge in [0.2, 0.25) is 0 Å². The van der Waals surface area contributed by atoms with Gasteiger partial charge in [-0.1, -0.05) is 11.6 Å². The lowest BCUT2D eigenvalue weighted by Gasteiger charge is -2.21. The monoisotopic (exact) mass is 389 g/mol. The molecule has 0 radical (unpaired) electrons. The summed E-state index contributed by atoms with van der Waals surface area (Å²) in [6.07, 6.45) is 2.30. The van der Waals surface area contributed by atoms with Gasteiger partial charge in [0.15, 0.2) is 0 Å². The first kappa shape index (κ1) is 19.0. The number of azo groups is 1. The zero-order chi connectivity index (χ0) is 19.4. The molecule has 0 spiro atoms. The van der Waals surface area contributed by atoms with Crippen LogP contribution in [0.1, 0.15) is 23.2 Å². The van der Waals surface area contributed by atoms with E-state index in [2.05, 4.69) is 15.1 Å². The normalized spacial score (nSPS) is 14.0. The molecule has 1 aliphatic rings. The minimum absolute atomic E-state index is 0.0909. The van der Waals surface area contributed by atoms with Crippen LogP contribution in [0.5, 0.6) is 11.5 Å². The second kappa shape index (κ2) is 8.26. The molecular weight excluding hydrogens is 370 g/mol.